The normalized spacial score (nSPS) is 11.0. The Balaban J connectivity index is 2.31. The minimum absolute atomic E-state index is 0.111. The van der Waals surface area contributed by atoms with Crippen molar-refractivity contribution in [3.8, 4) is 0 Å². The second-order valence-corrected chi connectivity index (χ2v) is 7.91. The molecule has 0 radical (unpaired) electrons. The maximum atomic E-state index is 12.4. The van der Waals surface area contributed by atoms with Crippen molar-refractivity contribution in [1.82, 2.24) is 0 Å². The van der Waals surface area contributed by atoms with Gasteiger partial charge in [-0.1, -0.05) is 23.7 Å². The van der Waals surface area contributed by atoms with Gasteiger partial charge in [-0.2, -0.15) is 0 Å². The zero-order chi connectivity index (χ0) is 18.8. The number of carbonyl (C=O) groups excluding carboxylic acids is 2. The molecule has 1 N–H and O–H groups in total. The van der Waals surface area contributed by atoms with E-state index >= 15 is 0 Å². The van der Waals surface area contributed by atoms with Crippen LogP contribution >= 0.6 is 11.6 Å². The van der Waals surface area contributed by atoms with Gasteiger partial charge in [-0.15, -0.1) is 0 Å². The molecule has 25 heavy (non-hydrogen) atoms. The first-order valence-electron chi connectivity index (χ1n) is 7.25. The molecule has 132 valence electrons. The number of halogens is 1. The molecular formula is C17H17ClN2O4S. The lowest BCUT2D eigenvalue weighted by atomic mass is 10.1. The highest BCUT2D eigenvalue weighted by Gasteiger charge is 2.17. The molecule has 0 aliphatic carbocycles. The van der Waals surface area contributed by atoms with Crippen molar-refractivity contribution in [2.24, 2.45) is 0 Å². The summed E-state index contributed by atoms with van der Waals surface area (Å²) in [6, 6.07) is 10.9. The summed E-state index contributed by atoms with van der Waals surface area (Å²) in [6.45, 7) is 1.44. The van der Waals surface area contributed by atoms with E-state index in [2.05, 4.69) is 5.32 Å². The molecule has 0 heterocycles. The SMILES string of the molecule is CC(=O)c1cccc(NC(=O)c2ccc(Cl)c(N(C)S(C)(=O)=O)c2)c1. The second kappa shape index (κ2) is 7.25. The molecule has 0 aromatic heterocycles. The predicted molar refractivity (Wildman–Crippen MR) is 99.1 cm³/mol. The summed E-state index contributed by atoms with van der Waals surface area (Å²) in [6.07, 6.45) is 1.04. The fourth-order valence-corrected chi connectivity index (χ4v) is 2.90. The monoisotopic (exact) mass is 380 g/mol. The van der Waals surface area contributed by atoms with Gasteiger partial charge in [-0.05, 0) is 37.3 Å². The van der Waals surface area contributed by atoms with Crippen LogP contribution in [-0.2, 0) is 10.0 Å². The molecule has 0 aliphatic rings. The van der Waals surface area contributed by atoms with Gasteiger partial charge in [0, 0.05) is 23.9 Å². The number of benzene rings is 2. The van der Waals surface area contributed by atoms with E-state index in [0.717, 1.165) is 10.6 Å². The van der Waals surface area contributed by atoms with E-state index in [1.807, 2.05) is 0 Å². The average molecular weight is 381 g/mol. The number of amides is 1. The van der Waals surface area contributed by atoms with Gasteiger partial charge in [0.15, 0.2) is 5.78 Å². The molecule has 0 atom stereocenters. The van der Waals surface area contributed by atoms with E-state index in [4.69, 9.17) is 11.6 Å². The maximum Gasteiger partial charge on any atom is 0.255 e. The van der Waals surface area contributed by atoms with Gasteiger partial charge in [-0.25, -0.2) is 8.42 Å². The third-order valence-corrected chi connectivity index (χ3v) is 5.08. The molecule has 0 fully saturated rings. The summed E-state index contributed by atoms with van der Waals surface area (Å²) in [5, 5.41) is 2.89. The van der Waals surface area contributed by atoms with Gasteiger partial charge >= 0.3 is 0 Å². The van der Waals surface area contributed by atoms with Crippen molar-refractivity contribution < 1.29 is 18.0 Å². The fraction of sp³-hybridized carbons (Fsp3) is 0.176. The van der Waals surface area contributed by atoms with Crippen molar-refractivity contribution >= 4 is 44.7 Å². The number of hydrogen-bond donors (Lipinski definition) is 1. The number of ketones is 1. The zero-order valence-corrected chi connectivity index (χ0v) is 15.5. The molecule has 0 bridgehead atoms. The number of rotatable bonds is 5. The van der Waals surface area contributed by atoms with Crippen LogP contribution in [0, 0.1) is 0 Å². The number of carbonyl (C=O) groups is 2. The number of anilines is 2. The molecule has 0 spiro atoms. The number of hydrogen-bond acceptors (Lipinski definition) is 4. The van der Waals surface area contributed by atoms with Crippen molar-refractivity contribution in [3.63, 3.8) is 0 Å². The van der Waals surface area contributed by atoms with Crippen LogP contribution in [0.5, 0.6) is 0 Å². The third-order valence-electron chi connectivity index (χ3n) is 3.57. The van der Waals surface area contributed by atoms with Crippen molar-refractivity contribution in [2.45, 2.75) is 6.92 Å². The average Bonchev–Trinajstić information content (AvgIpc) is 2.54. The molecule has 0 aliphatic heterocycles. The molecule has 2 rings (SSSR count). The number of nitrogens with zero attached hydrogens (tertiary/aromatic N) is 1. The van der Waals surface area contributed by atoms with Crippen molar-refractivity contribution in [3.05, 3.63) is 58.6 Å². The van der Waals surface area contributed by atoms with Crippen LogP contribution in [0.1, 0.15) is 27.6 Å². The Bertz CT molecular complexity index is 941. The van der Waals surface area contributed by atoms with Gasteiger partial charge in [0.2, 0.25) is 10.0 Å². The topological polar surface area (TPSA) is 83.6 Å². The summed E-state index contributed by atoms with van der Waals surface area (Å²) in [4.78, 5) is 23.8. The number of Topliss-reactive ketones (excluding diaryl/α,β-unsaturated/α-hetero) is 1. The fourth-order valence-electron chi connectivity index (χ4n) is 2.09. The lowest BCUT2D eigenvalue weighted by Gasteiger charge is -2.18. The third kappa shape index (κ3) is 4.58. The van der Waals surface area contributed by atoms with Crippen molar-refractivity contribution in [1.29, 1.82) is 0 Å². The first kappa shape index (κ1) is 19.0. The second-order valence-electron chi connectivity index (χ2n) is 5.49. The molecular weight excluding hydrogens is 364 g/mol. The molecule has 1 amide bonds. The van der Waals surface area contributed by atoms with Gasteiger partial charge in [0.1, 0.15) is 0 Å². The maximum absolute atomic E-state index is 12.4. The highest BCUT2D eigenvalue weighted by atomic mass is 35.5. The quantitative estimate of drug-likeness (QED) is 0.807. The zero-order valence-electron chi connectivity index (χ0n) is 13.9. The highest BCUT2D eigenvalue weighted by molar-refractivity contribution is 7.92. The summed E-state index contributed by atoms with van der Waals surface area (Å²) in [5.74, 6) is -0.555. The van der Waals surface area contributed by atoms with E-state index in [1.165, 1.54) is 32.2 Å². The van der Waals surface area contributed by atoms with Gasteiger partial charge in [-0.3, -0.25) is 13.9 Å². The molecule has 2 aromatic carbocycles. The lowest BCUT2D eigenvalue weighted by Crippen LogP contribution is -2.25. The standard InChI is InChI=1S/C17H17ClN2O4S/c1-11(21)12-5-4-6-14(9-12)19-17(22)13-7-8-15(18)16(10-13)20(2)25(3,23)24/h4-10H,1-3H3,(H,19,22). The smallest absolute Gasteiger partial charge is 0.255 e. The summed E-state index contributed by atoms with van der Waals surface area (Å²) in [7, 11) is -2.16. The van der Waals surface area contributed by atoms with Crippen LogP contribution in [0.15, 0.2) is 42.5 Å². The van der Waals surface area contributed by atoms with Gasteiger partial charge in [0.05, 0.1) is 17.0 Å². The van der Waals surface area contributed by atoms with E-state index in [9.17, 15) is 18.0 Å². The number of nitrogens with one attached hydrogen (secondary N) is 1. The Morgan fingerprint density at radius 2 is 1.76 bits per heavy atom. The van der Waals surface area contributed by atoms with Crippen LogP contribution in [0.25, 0.3) is 0 Å². The van der Waals surface area contributed by atoms with Gasteiger partial charge < -0.3 is 5.32 Å². The summed E-state index contributed by atoms with van der Waals surface area (Å²) in [5.41, 5.74) is 1.38. The molecule has 2 aromatic rings. The van der Waals surface area contributed by atoms with Crippen LogP contribution in [0.2, 0.25) is 5.02 Å². The number of sulfonamides is 1. The van der Waals surface area contributed by atoms with E-state index < -0.39 is 15.9 Å². The minimum Gasteiger partial charge on any atom is -0.322 e. The Kier molecular flexibility index (Phi) is 5.49. The van der Waals surface area contributed by atoms with Crippen LogP contribution in [-0.4, -0.2) is 33.4 Å². The Labute approximate surface area is 151 Å². The van der Waals surface area contributed by atoms with Crippen LogP contribution in [0.3, 0.4) is 0 Å². The Morgan fingerprint density at radius 1 is 1.08 bits per heavy atom. The first-order chi connectivity index (χ1) is 11.6. The molecule has 0 unspecified atom stereocenters. The van der Waals surface area contributed by atoms with Crippen LogP contribution in [0.4, 0.5) is 11.4 Å². The Hall–Kier alpha value is -2.38. The van der Waals surface area contributed by atoms with E-state index in [-0.39, 0.29) is 22.1 Å². The first-order valence-corrected chi connectivity index (χ1v) is 9.48. The molecule has 6 nitrogen and oxygen atoms in total. The minimum atomic E-state index is -3.52. The Morgan fingerprint density at radius 3 is 2.36 bits per heavy atom. The molecule has 8 heteroatoms. The predicted octanol–water partition coefficient (Wildman–Crippen LogP) is 3.19. The van der Waals surface area contributed by atoms with E-state index in [0.29, 0.717) is 11.3 Å². The van der Waals surface area contributed by atoms with Crippen molar-refractivity contribution in [2.75, 3.05) is 22.9 Å². The summed E-state index contributed by atoms with van der Waals surface area (Å²) < 4.78 is 24.4. The summed E-state index contributed by atoms with van der Waals surface area (Å²) >= 11 is 6.04. The largest absolute Gasteiger partial charge is 0.322 e. The van der Waals surface area contributed by atoms with E-state index in [1.54, 1.807) is 24.3 Å². The lowest BCUT2D eigenvalue weighted by molar-refractivity contribution is 0.101. The van der Waals surface area contributed by atoms with Gasteiger partial charge in [0.25, 0.3) is 5.91 Å². The van der Waals surface area contributed by atoms with Crippen LogP contribution < -0.4 is 9.62 Å². The highest BCUT2D eigenvalue weighted by Crippen LogP contribution is 2.28. The molecule has 0 saturated carbocycles. The molecule has 0 saturated heterocycles.